The van der Waals surface area contributed by atoms with Crippen LogP contribution in [0.3, 0.4) is 0 Å². The number of hydrogen-bond donors (Lipinski definition) is 1. The predicted molar refractivity (Wildman–Crippen MR) is 126 cm³/mol. The van der Waals surface area contributed by atoms with E-state index in [4.69, 9.17) is 51.1 Å². The Morgan fingerprint density at radius 3 is 2.23 bits per heavy atom. The van der Waals surface area contributed by atoms with E-state index in [1.807, 2.05) is 13.8 Å². The van der Waals surface area contributed by atoms with E-state index in [9.17, 15) is 9.59 Å². The van der Waals surface area contributed by atoms with Gasteiger partial charge in [0.05, 0.1) is 5.02 Å². The molecule has 9 heteroatoms. The molecule has 5 nitrogen and oxygen atoms in total. The van der Waals surface area contributed by atoms with Crippen molar-refractivity contribution in [3.05, 3.63) is 62.1 Å². The summed E-state index contributed by atoms with van der Waals surface area (Å²) in [5.41, 5.74) is 0.672. The van der Waals surface area contributed by atoms with E-state index < -0.39 is 6.04 Å². The molecule has 168 valence electrons. The van der Waals surface area contributed by atoms with Gasteiger partial charge in [0.15, 0.2) is 6.61 Å². The van der Waals surface area contributed by atoms with E-state index >= 15 is 0 Å². The van der Waals surface area contributed by atoms with Gasteiger partial charge in [0.25, 0.3) is 5.91 Å². The number of rotatable bonds is 10. The summed E-state index contributed by atoms with van der Waals surface area (Å²) >= 11 is 24.3. The summed E-state index contributed by atoms with van der Waals surface area (Å²) in [6, 6.07) is 9.07. The Labute approximate surface area is 202 Å². The minimum atomic E-state index is -0.685. The van der Waals surface area contributed by atoms with Gasteiger partial charge in [0.1, 0.15) is 11.8 Å². The molecule has 1 atom stereocenters. The molecule has 31 heavy (non-hydrogen) atoms. The molecule has 0 radical (unpaired) electrons. The zero-order valence-electron chi connectivity index (χ0n) is 17.3. The van der Waals surface area contributed by atoms with Crippen LogP contribution in [0.2, 0.25) is 20.1 Å². The molecule has 0 aliphatic carbocycles. The molecule has 0 heterocycles. The maximum Gasteiger partial charge on any atom is 0.261 e. The molecule has 2 aromatic carbocycles. The second-order valence-corrected chi connectivity index (χ2v) is 8.52. The van der Waals surface area contributed by atoms with Gasteiger partial charge in [-0.3, -0.25) is 9.59 Å². The highest BCUT2D eigenvalue weighted by molar-refractivity contribution is 6.35. The Morgan fingerprint density at radius 1 is 1.00 bits per heavy atom. The van der Waals surface area contributed by atoms with Gasteiger partial charge in [-0.25, -0.2) is 0 Å². The van der Waals surface area contributed by atoms with Crippen molar-refractivity contribution in [2.45, 2.75) is 39.3 Å². The summed E-state index contributed by atoms with van der Waals surface area (Å²) in [6.07, 6.45) is 1.21. The number of carbonyl (C=O) groups excluding carboxylic acids is 2. The van der Waals surface area contributed by atoms with Crippen LogP contribution >= 0.6 is 46.4 Å². The summed E-state index contributed by atoms with van der Waals surface area (Å²) in [4.78, 5) is 27.3. The van der Waals surface area contributed by atoms with E-state index in [1.54, 1.807) is 30.3 Å². The highest BCUT2D eigenvalue weighted by atomic mass is 35.5. The van der Waals surface area contributed by atoms with Gasteiger partial charge in [-0.15, -0.1) is 0 Å². The number of nitrogens with one attached hydrogen (secondary N) is 1. The van der Waals surface area contributed by atoms with Crippen LogP contribution in [0, 0.1) is 0 Å². The Bertz CT molecular complexity index is 924. The molecule has 0 saturated heterocycles. The molecule has 0 spiro atoms. The summed E-state index contributed by atoms with van der Waals surface area (Å²) < 4.78 is 5.61. The van der Waals surface area contributed by atoms with Crippen LogP contribution in [-0.4, -0.2) is 35.9 Å². The van der Waals surface area contributed by atoms with Crippen LogP contribution in [0.15, 0.2) is 36.4 Å². The lowest BCUT2D eigenvalue weighted by Gasteiger charge is -2.31. The fraction of sp³-hybridized carbons (Fsp3) is 0.364. The maximum atomic E-state index is 13.1. The molecule has 0 saturated carbocycles. The third kappa shape index (κ3) is 7.46. The van der Waals surface area contributed by atoms with Gasteiger partial charge >= 0.3 is 0 Å². The van der Waals surface area contributed by atoms with E-state index in [1.165, 1.54) is 11.0 Å². The molecule has 1 N–H and O–H groups in total. The summed E-state index contributed by atoms with van der Waals surface area (Å²) in [5, 5.41) is 4.50. The molecule has 2 aromatic rings. The van der Waals surface area contributed by atoms with Crippen LogP contribution in [0.1, 0.15) is 32.3 Å². The van der Waals surface area contributed by atoms with Crippen molar-refractivity contribution in [2.75, 3.05) is 13.2 Å². The lowest BCUT2D eigenvalue weighted by molar-refractivity contribution is -0.143. The first-order valence-electron chi connectivity index (χ1n) is 9.85. The first-order chi connectivity index (χ1) is 14.8. The predicted octanol–water partition coefficient (Wildman–Crippen LogP) is 6.01. The third-order valence-corrected chi connectivity index (χ3v) is 5.65. The quantitative estimate of drug-likeness (QED) is 0.430. The van der Waals surface area contributed by atoms with E-state index in [-0.39, 0.29) is 25.0 Å². The van der Waals surface area contributed by atoms with Gasteiger partial charge in [0, 0.05) is 28.2 Å². The highest BCUT2D eigenvalue weighted by Crippen LogP contribution is 2.28. The second-order valence-electron chi connectivity index (χ2n) is 6.84. The molecule has 0 aliphatic rings. The SMILES string of the molecule is CCCNC(=O)[C@H](CC)N(Cc1ccc(Cl)cc1Cl)C(=O)COc1ccc(Cl)cc1Cl. The minimum Gasteiger partial charge on any atom is -0.482 e. The molecular weight excluding hydrogens is 482 g/mol. The first-order valence-corrected chi connectivity index (χ1v) is 11.4. The molecular formula is C22H24Cl4N2O3. The largest absolute Gasteiger partial charge is 0.482 e. The van der Waals surface area contributed by atoms with E-state index in [0.29, 0.717) is 44.4 Å². The number of hydrogen-bond acceptors (Lipinski definition) is 3. The number of amides is 2. The van der Waals surface area contributed by atoms with Gasteiger partial charge in [-0.05, 0) is 48.7 Å². The average molecular weight is 506 g/mol. The zero-order chi connectivity index (χ0) is 23.0. The van der Waals surface area contributed by atoms with Gasteiger partial charge in [-0.2, -0.15) is 0 Å². The first kappa shape index (κ1) is 25.6. The third-order valence-electron chi connectivity index (χ3n) is 4.54. The Balaban J connectivity index is 2.25. The standard InChI is InChI=1S/C22H24Cl4N2O3/c1-3-9-27-22(30)19(4-2)28(12-14-5-6-15(23)10-17(14)25)21(29)13-31-20-8-7-16(24)11-18(20)26/h5-8,10-11,19H,3-4,9,12-13H2,1-2H3,(H,27,30)/t19-/m0/s1. The van der Waals surface area contributed by atoms with Crippen LogP contribution < -0.4 is 10.1 Å². The van der Waals surface area contributed by atoms with Gasteiger partial charge in [-0.1, -0.05) is 66.3 Å². The Kier molecular flexibility index (Phi) is 10.2. The van der Waals surface area contributed by atoms with Crippen LogP contribution in [0.4, 0.5) is 0 Å². The van der Waals surface area contributed by atoms with Gasteiger partial charge in [0.2, 0.25) is 5.91 Å². The molecule has 0 bridgehead atoms. The van der Waals surface area contributed by atoms with Crippen LogP contribution in [0.25, 0.3) is 0 Å². The summed E-state index contributed by atoms with van der Waals surface area (Å²) in [7, 11) is 0. The van der Waals surface area contributed by atoms with Crippen molar-refractivity contribution in [1.82, 2.24) is 10.2 Å². The van der Waals surface area contributed by atoms with Crippen molar-refractivity contribution in [2.24, 2.45) is 0 Å². The molecule has 2 rings (SSSR count). The Hall–Kier alpha value is -1.66. The zero-order valence-corrected chi connectivity index (χ0v) is 20.3. The summed E-state index contributed by atoms with van der Waals surface area (Å²) in [5.74, 6) is -0.282. The topological polar surface area (TPSA) is 58.6 Å². The average Bonchev–Trinajstić information content (AvgIpc) is 2.72. The second kappa shape index (κ2) is 12.4. The van der Waals surface area contributed by atoms with Crippen molar-refractivity contribution in [3.63, 3.8) is 0 Å². The number of benzene rings is 2. The fourth-order valence-electron chi connectivity index (χ4n) is 2.93. The number of ether oxygens (including phenoxy) is 1. The van der Waals surface area contributed by atoms with E-state index in [0.717, 1.165) is 6.42 Å². The van der Waals surface area contributed by atoms with Crippen molar-refractivity contribution < 1.29 is 14.3 Å². The number of halogens is 4. The minimum absolute atomic E-state index is 0.130. The normalized spacial score (nSPS) is 11.7. The lowest BCUT2D eigenvalue weighted by Crippen LogP contribution is -2.50. The molecule has 0 aromatic heterocycles. The summed E-state index contributed by atoms with van der Waals surface area (Å²) in [6.45, 7) is 4.16. The monoisotopic (exact) mass is 504 g/mol. The maximum absolute atomic E-state index is 13.1. The lowest BCUT2D eigenvalue weighted by atomic mass is 10.1. The molecule has 2 amide bonds. The molecule has 0 aliphatic heterocycles. The van der Waals surface area contributed by atoms with Crippen molar-refractivity contribution in [3.8, 4) is 5.75 Å². The van der Waals surface area contributed by atoms with Crippen LogP contribution in [-0.2, 0) is 16.1 Å². The fourth-order valence-corrected chi connectivity index (χ4v) is 3.86. The molecule has 0 unspecified atom stereocenters. The smallest absolute Gasteiger partial charge is 0.261 e. The number of carbonyl (C=O) groups is 2. The molecule has 0 fully saturated rings. The van der Waals surface area contributed by atoms with E-state index in [2.05, 4.69) is 5.32 Å². The van der Waals surface area contributed by atoms with Crippen LogP contribution in [0.5, 0.6) is 5.75 Å². The van der Waals surface area contributed by atoms with Crippen molar-refractivity contribution >= 4 is 58.2 Å². The Morgan fingerprint density at radius 2 is 1.65 bits per heavy atom. The van der Waals surface area contributed by atoms with Crippen molar-refractivity contribution in [1.29, 1.82) is 0 Å². The van der Waals surface area contributed by atoms with Gasteiger partial charge < -0.3 is 15.0 Å². The number of nitrogens with zero attached hydrogens (tertiary/aromatic N) is 1. The highest BCUT2D eigenvalue weighted by Gasteiger charge is 2.29.